The lowest BCUT2D eigenvalue weighted by atomic mass is 10.1. The first-order valence-electron chi connectivity index (χ1n) is 9.35. The number of rotatable bonds is 5. The Morgan fingerprint density at radius 2 is 1.93 bits per heavy atom. The Labute approximate surface area is 167 Å². The first kappa shape index (κ1) is 18.9. The van der Waals surface area contributed by atoms with Crippen molar-refractivity contribution < 1.29 is 9.13 Å². The maximum absolute atomic E-state index is 13.9. The first-order chi connectivity index (χ1) is 14.0. The summed E-state index contributed by atoms with van der Waals surface area (Å²) in [4.78, 5) is 17.1. The molecule has 0 aliphatic rings. The van der Waals surface area contributed by atoms with Crippen molar-refractivity contribution in [3.63, 3.8) is 0 Å². The molecule has 4 aromatic rings. The Balaban J connectivity index is 1.82. The summed E-state index contributed by atoms with van der Waals surface area (Å²) in [5.74, 6) is 0.540. The highest BCUT2D eigenvalue weighted by Gasteiger charge is 2.15. The van der Waals surface area contributed by atoms with Gasteiger partial charge in [-0.25, -0.2) is 13.9 Å². The Morgan fingerprint density at radius 1 is 1.10 bits per heavy atom. The molecule has 0 atom stereocenters. The molecule has 0 aliphatic carbocycles. The van der Waals surface area contributed by atoms with Gasteiger partial charge in [0.1, 0.15) is 11.6 Å². The van der Waals surface area contributed by atoms with Gasteiger partial charge in [0.2, 0.25) is 0 Å². The largest absolute Gasteiger partial charge is 0.496 e. The summed E-state index contributed by atoms with van der Waals surface area (Å²) < 4.78 is 22.5. The van der Waals surface area contributed by atoms with Crippen LogP contribution in [0.5, 0.6) is 5.75 Å². The van der Waals surface area contributed by atoms with Crippen LogP contribution in [-0.4, -0.2) is 26.3 Å². The van der Waals surface area contributed by atoms with E-state index in [0.29, 0.717) is 40.7 Å². The maximum Gasteiger partial charge on any atom is 0.251 e. The molecule has 148 valence electrons. The molecule has 0 amide bonds. The smallest absolute Gasteiger partial charge is 0.251 e. The lowest BCUT2D eigenvalue weighted by Gasteiger charge is -2.10. The molecule has 7 heteroatoms. The van der Waals surface area contributed by atoms with Crippen LogP contribution in [0.15, 0.2) is 59.8 Å². The SMILES string of the molecule is COc1ccc(F)cc1-c1cnn2ccc(-c3ccn(CC(C)C)c(=O)c3)nc12. The minimum absolute atomic E-state index is 0.0709. The van der Waals surface area contributed by atoms with E-state index >= 15 is 0 Å². The summed E-state index contributed by atoms with van der Waals surface area (Å²) in [6, 6.07) is 9.58. The molecule has 29 heavy (non-hydrogen) atoms. The first-order valence-corrected chi connectivity index (χ1v) is 9.35. The lowest BCUT2D eigenvalue weighted by molar-refractivity contribution is 0.415. The molecule has 0 N–H and O–H groups in total. The van der Waals surface area contributed by atoms with Crippen molar-refractivity contribution in [2.45, 2.75) is 20.4 Å². The number of ether oxygens (including phenoxy) is 1. The quantitative estimate of drug-likeness (QED) is 0.515. The summed E-state index contributed by atoms with van der Waals surface area (Å²) in [7, 11) is 1.54. The fourth-order valence-electron chi connectivity index (χ4n) is 3.32. The van der Waals surface area contributed by atoms with Crippen LogP contribution >= 0.6 is 0 Å². The standard InChI is InChI=1S/C22H21FN4O2/c1-14(2)13-26-8-6-15(10-21(26)28)19-7-9-27-22(25-19)18(12-24-27)17-11-16(23)4-5-20(17)29-3/h4-12,14H,13H2,1-3H3. The van der Waals surface area contributed by atoms with Gasteiger partial charge in [-0.15, -0.1) is 0 Å². The molecular formula is C22H21FN4O2. The van der Waals surface area contributed by atoms with Gasteiger partial charge in [-0.3, -0.25) is 4.79 Å². The van der Waals surface area contributed by atoms with Crippen LogP contribution < -0.4 is 10.3 Å². The summed E-state index contributed by atoms with van der Waals surface area (Å²) in [5, 5.41) is 4.31. The fraction of sp³-hybridized carbons (Fsp3) is 0.227. The van der Waals surface area contributed by atoms with E-state index in [2.05, 4.69) is 18.9 Å². The number of fused-ring (bicyclic) bond motifs is 1. The predicted molar refractivity (Wildman–Crippen MR) is 109 cm³/mol. The molecule has 4 rings (SSSR count). The topological polar surface area (TPSA) is 61.4 Å². The highest BCUT2D eigenvalue weighted by atomic mass is 19.1. The van der Waals surface area contributed by atoms with E-state index in [9.17, 15) is 9.18 Å². The number of benzene rings is 1. The second-order valence-corrected chi connectivity index (χ2v) is 7.28. The third-order valence-electron chi connectivity index (χ3n) is 4.67. The highest BCUT2D eigenvalue weighted by Crippen LogP contribution is 2.33. The van der Waals surface area contributed by atoms with Crippen molar-refractivity contribution in [1.82, 2.24) is 19.2 Å². The van der Waals surface area contributed by atoms with Gasteiger partial charge in [-0.1, -0.05) is 13.8 Å². The number of hydrogen-bond donors (Lipinski definition) is 0. The van der Waals surface area contributed by atoms with Crippen LogP contribution in [0.2, 0.25) is 0 Å². The van der Waals surface area contributed by atoms with Crippen LogP contribution in [0.3, 0.4) is 0 Å². The van der Waals surface area contributed by atoms with Crippen LogP contribution in [0, 0.1) is 11.7 Å². The van der Waals surface area contributed by atoms with Gasteiger partial charge in [0, 0.05) is 36.1 Å². The van der Waals surface area contributed by atoms with Crippen LogP contribution in [0.25, 0.3) is 28.0 Å². The van der Waals surface area contributed by atoms with Crippen LogP contribution in [0.1, 0.15) is 13.8 Å². The molecule has 6 nitrogen and oxygen atoms in total. The van der Waals surface area contributed by atoms with Gasteiger partial charge in [-0.05, 0) is 36.2 Å². The van der Waals surface area contributed by atoms with E-state index in [-0.39, 0.29) is 11.4 Å². The fourth-order valence-corrected chi connectivity index (χ4v) is 3.32. The van der Waals surface area contributed by atoms with Gasteiger partial charge >= 0.3 is 0 Å². The monoisotopic (exact) mass is 392 g/mol. The molecule has 3 aromatic heterocycles. The van der Waals surface area contributed by atoms with Crippen molar-refractivity contribution in [2.75, 3.05) is 7.11 Å². The summed E-state index contributed by atoms with van der Waals surface area (Å²) >= 11 is 0. The Bertz CT molecular complexity index is 1240. The van der Waals surface area contributed by atoms with Crippen molar-refractivity contribution in [2.24, 2.45) is 5.92 Å². The van der Waals surface area contributed by atoms with Crippen LogP contribution in [0.4, 0.5) is 4.39 Å². The molecular weight excluding hydrogens is 371 g/mol. The minimum atomic E-state index is -0.370. The molecule has 0 saturated heterocycles. The van der Waals surface area contributed by atoms with Crippen LogP contribution in [-0.2, 0) is 6.54 Å². The second-order valence-electron chi connectivity index (χ2n) is 7.28. The Morgan fingerprint density at radius 3 is 2.66 bits per heavy atom. The van der Waals surface area contributed by atoms with E-state index in [1.54, 1.807) is 45.9 Å². The minimum Gasteiger partial charge on any atom is -0.496 e. The Kier molecular flexibility index (Phi) is 4.88. The summed E-state index contributed by atoms with van der Waals surface area (Å²) in [6.07, 6.45) is 5.19. The molecule has 0 aliphatic heterocycles. The van der Waals surface area contributed by atoms with Gasteiger partial charge in [0.05, 0.1) is 24.6 Å². The third-order valence-corrected chi connectivity index (χ3v) is 4.67. The van der Waals surface area contributed by atoms with E-state index in [1.165, 1.54) is 19.2 Å². The summed E-state index contributed by atoms with van der Waals surface area (Å²) in [6.45, 7) is 4.80. The normalized spacial score (nSPS) is 11.3. The second kappa shape index (κ2) is 7.50. The average Bonchev–Trinajstić information content (AvgIpc) is 3.12. The van der Waals surface area contributed by atoms with Crippen molar-refractivity contribution >= 4 is 5.65 Å². The number of hydrogen-bond acceptors (Lipinski definition) is 4. The number of aromatic nitrogens is 4. The zero-order valence-electron chi connectivity index (χ0n) is 16.5. The summed E-state index contributed by atoms with van der Waals surface area (Å²) in [5.41, 5.74) is 3.06. The van der Waals surface area contributed by atoms with Crippen molar-refractivity contribution in [3.8, 4) is 28.1 Å². The molecule has 0 fully saturated rings. The van der Waals surface area contributed by atoms with E-state index in [4.69, 9.17) is 9.72 Å². The molecule has 0 radical (unpaired) electrons. The van der Waals surface area contributed by atoms with Gasteiger partial charge in [-0.2, -0.15) is 5.10 Å². The lowest BCUT2D eigenvalue weighted by Crippen LogP contribution is -2.21. The van der Waals surface area contributed by atoms with Gasteiger partial charge in [0.15, 0.2) is 5.65 Å². The van der Waals surface area contributed by atoms with Crippen molar-refractivity contribution in [3.05, 3.63) is 71.2 Å². The molecule has 0 saturated carbocycles. The van der Waals surface area contributed by atoms with E-state index < -0.39 is 0 Å². The maximum atomic E-state index is 13.9. The highest BCUT2D eigenvalue weighted by molar-refractivity contribution is 5.82. The number of methoxy groups -OCH3 is 1. The Hall–Kier alpha value is -3.48. The molecule has 0 spiro atoms. The molecule has 0 bridgehead atoms. The molecule has 3 heterocycles. The third kappa shape index (κ3) is 3.63. The van der Waals surface area contributed by atoms with E-state index in [0.717, 1.165) is 5.56 Å². The van der Waals surface area contributed by atoms with E-state index in [1.807, 2.05) is 6.07 Å². The predicted octanol–water partition coefficient (Wildman–Crippen LogP) is 4.03. The van der Waals surface area contributed by atoms with Gasteiger partial charge < -0.3 is 9.30 Å². The van der Waals surface area contributed by atoms with Gasteiger partial charge in [0.25, 0.3) is 5.56 Å². The zero-order valence-corrected chi connectivity index (χ0v) is 16.5. The van der Waals surface area contributed by atoms with Crippen molar-refractivity contribution in [1.29, 1.82) is 0 Å². The molecule has 0 unspecified atom stereocenters. The number of nitrogens with zero attached hydrogens (tertiary/aromatic N) is 4. The number of halogens is 1. The number of pyridine rings is 1. The zero-order chi connectivity index (χ0) is 20.5. The average molecular weight is 392 g/mol. The molecule has 1 aromatic carbocycles.